The van der Waals surface area contributed by atoms with Crippen molar-refractivity contribution in [2.45, 2.75) is 18.7 Å². The summed E-state index contributed by atoms with van der Waals surface area (Å²) >= 11 is 0. The van der Waals surface area contributed by atoms with E-state index in [9.17, 15) is 18.0 Å². The summed E-state index contributed by atoms with van der Waals surface area (Å²) in [6.07, 6.45) is 1.65. The van der Waals surface area contributed by atoms with Gasteiger partial charge in [-0.3, -0.25) is 9.59 Å². The molecule has 4 rings (SSSR count). The van der Waals surface area contributed by atoms with Crippen LogP contribution in [0.25, 0.3) is 11.6 Å². The second kappa shape index (κ2) is 13.5. The lowest BCUT2D eigenvalue weighted by molar-refractivity contribution is -0.110. The van der Waals surface area contributed by atoms with E-state index in [0.29, 0.717) is 105 Å². The number of aromatic amines is 1. The topological polar surface area (TPSA) is 148 Å². The molecule has 0 bridgehead atoms. The Bertz CT molecular complexity index is 1350. The number of hydrogen-bond acceptors (Lipinski definition) is 8. The molecule has 2 aromatic rings. The molecule has 13 heteroatoms. The van der Waals surface area contributed by atoms with Crippen LogP contribution in [0, 0.1) is 13.8 Å². The Morgan fingerprint density at radius 3 is 2.10 bits per heavy atom. The number of benzene rings is 1. The molecule has 2 aliphatic rings. The molecule has 0 saturated carbocycles. The molecule has 40 heavy (non-hydrogen) atoms. The van der Waals surface area contributed by atoms with Crippen LogP contribution < -0.4 is 10.0 Å². The average molecular weight is 577 g/mol. The summed E-state index contributed by atoms with van der Waals surface area (Å²) in [5.41, 5.74) is 3.69. The van der Waals surface area contributed by atoms with Crippen LogP contribution in [0.1, 0.15) is 32.9 Å². The molecule has 0 spiro atoms. The summed E-state index contributed by atoms with van der Waals surface area (Å²) in [6, 6.07) is 4.45. The van der Waals surface area contributed by atoms with Gasteiger partial charge in [0.1, 0.15) is 0 Å². The minimum absolute atomic E-state index is 0.0474. The van der Waals surface area contributed by atoms with E-state index in [4.69, 9.17) is 18.9 Å². The predicted octanol–water partition coefficient (Wildman–Crippen LogP) is 1.55. The Balaban J connectivity index is 1.58. The van der Waals surface area contributed by atoms with Crippen LogP contribution in [0.15, 0.2) is 23.1 Å². The number of H-pyrrole nitrogens is 1. The number of carbonyl (C=O) groups excluding carboxylic acids is 2. The number of aromatic nitrogens is 1. The van der Waals surface area contributed by atoms with Crippen LogP contribution in [0.4, 0.5) is 5.69 Å². The quantitative estimate of drug-likeness (QED) is 0.465. The maximum atomic E-state index is 13.7. The third-order valence-electron chi connectivity index (χ3n) is 6.75. The zero-order valence-electron chi connectivity index (χ0n) is 23.0. The van der Waals surface area contributed by atoms with Gasteiger partial charge >= 0.3 is 0 Å². The van der Waals surface area contributed by atoms with Crippen LogP contribution in [0.5, 0.6) is 0 Å². The van der Waals surface area contributed by atoms with E-state index in [1.807, 2.05) is 6.92 Å². The fourth-order valence-corrected chi connectivity index (χ4v) is 5.32. The first kappa shape index (κ1) is 29.9. The highest BCUT2D eigenvalue weighted by molar-refractivity contribution is 7.89. The normalized spacial score (nSPS) is 19.1. The van der Waals surface area contributed by atoms with Crippen molar-refractivity contribution in [3.8, 4) is 0 Å². The van der Waals surface area contributed by atoms with E-state index < -0.39 is 10.0 Å². The van der Waals surface area contributed by atoms with Crippen molar-refractivity contribution in [1.29, 1.82) is 0 Å². The first-order chi connectivity index (χ1) is 19.2. The Kier molecular flexibility index (Phi) is 10.1. The largest absolute Gasteiger partial charge is 0.377 e. The van der Waals surface area contributed by atoms with Gasteiger partial charge in [-0.05, 0) is 50.7 Å². The lowest BCUT2D eigenvalue weighted by Crippen LogP contribution is -2.37. The van der Waals surface area contributed by atoms with E-state index in [-0.39, 0.29) is 16.7 Å². The zero-order chi connectivity index (χ0) is 28.7. The molecule has 1 fully saturated rings. The third kappa shape index (κ3) is 6.97. The minimum Gasteiger partial charge on any atom is -0.377 e. The van der Waals surface area contributed by atoms with Crippen LogP contribution in [0.3, 0.4) is 0 Å². The summed E-state index contributed by atoms with van der Waals surface area (Å²) in [6.45, 7) is 7.76. The molecule has 218 valence electrons. The molecule has 0 aliphatic carbocycles. The highest BCUT2D eigenvalue weighted by atomic mass is 32.2. The molecule has 1 aromatic heterocycles. The van der Waals surface area contributed by atoms with Gasteiger partial charge < -0.3 is 34.1 Å². The standard InChI is InChI=1S/C27H36N4O8S/c1-18-24(17-22-21-16-20(40(34,35)28-3)4-5-23(21)30-26(22)32)29-19(2)25(18)27(33)31-6-8-36-10-12-38-14-15-39-13-11-37-9-7-31/h4-5,16-17,28-29H,6-15H2,1-3H3,(H,30,32). The van der Waals surface area contributed by atoms with Crippen molar-refractivity contribution in [3.63, 3.8) is 0 Å². The number of nitrogens with zero attached hydrogens (tertiary/aromatic N) is 1. The van der Waals surface area contributed by atoms with Crippen LogP contribution >= 0.6 is 0 Å². The van der Waals surface area contributed by atoms with Gasteiger partial charge in [-0.25, -0.2) is 13.1 Å². The summed E-state index contributed by atoms with van der Waals surface area (Å²) in [5, 5.41) is 2.77. The first-order valence-corrected chi connectivity index (χ1v) is 14.6. The van der Waals surface area contributed by atoms with Crippen molar-refractivity contribution in [3.05, 3.63) is 46.3 Å². The third-order valence-corrected chi connectivity index (χ3v) is 8.16. The second-order valence-corrected chi connectivity index (χ2v) is 11.2. The average Bonchev–Trinajstić information content (AvgIpc) is 3.39. The summed E-state index contributed by atoms with van der Waals surface area (Å²) < 4.78 is 49.2. The number of fused-ring (bicyclic) bond motifs is 1. The maximum absolute atomic E-state index is 13.7. The van der Waals surface area contributed by atoms with Crippen molar-refractivity contribution in [2.75, 3.05) is 78.3 Å². The Morgan fingerprint density at radius 2 is 1.52 bits per heavy atom. The molecular weight excluding hydrogens is 540 g/mol. The Labute approximate surface area is 234 Å². The van der Waals surface area contributed by atoms with E-state index in [1.165, 1.54) is 19.2 Å². The van der Waals surface area contributed by atoms with E-state index in [2.05, 4.69) is 15.0 Å². The highest BCUT2D eigenvalue weighted by Crippen LogP contribution is 2.35. The lowest BCUT2D eigenvalue weighted by Gasteiger charge is -2.23. The molecule has 0 atom stereocenters. The summed E-state index contributed by atoms with van der Waals surface area (Å²) in [5.74, 6) is -0.542. The van der Waals surface area contributed by atoms with E-state index in [0.717, 1.165) is 0 Å². The van der Waals surface area contributed by atoms with Gasteiger partial charge in [0.15, 0.2) is 0 Å². The molecule has 2 aliphatic heterocycles. The van der Waals surface area contributed by atoms with Crippen molar-refractivity contribution in [1.82, 2.24) is 14.6 Å². The fraction of sp³-hybridized carbons (Fsp3) is 0.481. The van der Waals surface area contributed by atoms with Gasteiger partial charge in [0.2, 0.25) is 10.0 Å². The number of nitrogens with one attached hydrogen (secondary N) is 3. The SMILES string of the molecule is CNS(=O)(=O)c1ccc2c(c1)C(=Cc1[nH]c(C)c(C(=O)N3CCOCCOCCOCCOCC3)c1C)C(=O)N2. The van der Waals surface area contributed by atoms with Gasteiger partial charge in [0, 0.05) is 35.7 Å². The molecule has 12 nitrogen and oxygen atoms in total. The van der Waals surface area contributed by atoms with Gasteiger partial charge in [-0.15, -0.1) is 0 Å². The minimum atomic E-state index is -3.70. The summed E-state index contributed by atoms with van der Waals surface area (Å²) in [7, 11) is -2.37. The second-order valence-electron chi connectivity index (χ2n) is 9.33. The van der Waals surface area contributed by atoms with Gasteiger partial charge in [0.05, 0.1) is 68.9 Å². The number of hydrogen-bond donors (Lipinski definition) is 3. The van der Waals surface area contributed by atoms with E-state index in [1.54, 1.807) is 24.0 Å². The number of amides is 2. The number of carbonyl (C=O) groups is 2. The molecule has 3 N–H and O–H groups in total. The molecule has 0 radical (unpaired) electrons. The van der Waals surface area contributed by atoms with Crippen molar-refractivity contribution < 1.29 is 37.0 Å². The Hall–Kier alpha value is -3.07. The van der Waals surface area contributed by atoms with Crippen LogP contribution in [-0.4, -0.2) is 103 Å². The van der Waals surface area contributed by atoms with Crippen LogP contribution in [-0.2, 0) is 33.8 Å². The summed E-state index contributed by atoms with van der Waals surface area (Å²) in [4.78, 5) is 31.5. The van der Waals surface area contributed by atoms with Gasteiger partial charge in [0.25, 0.3) is 11.8 Å². The molecule has 1 saturated heterocycles. The number of ether oxygens (including phenoxy) is 4. The molecular formula is C27H36N4O8S. The number of anilines is 1. The molecule has 0 unspecified atom stereocenters. The first-order valence-electron chi connectivity index (χ1n) is 13.1. The number of aryl methyl sites for hydroxylation is 1. The smallest absolute Gasteiger partial charge is 0.256 e. The Morgan fingerprint density at radius 1 is 0.950 bits per heavy atom. The zero-order valence-corrected chi connectivity index (χ0v) is 23.8. The number of rotatable bonds is 4. The van der Waals surface area contributed by atoms with Crippen molar-refractivity contribution >= 4 is 39.2 Å². The maximum Gasteiger partial charge on any atom is 0.256 e. The molecule has 2 amide bonds. The lowest BCUT2D eigenvalue weighted by atomic mass is 10.0. The monoisotopic (exact) mass is 576 g/mol. The highest BCUT2D eigenvalue weighted by Gasteiger charge is 2.28. The van der Waals surface area contributed by atoms with Gasteiger partial charge in [-0.1, -0.05) is 0 Å². The van der Waals surface area contributed by atoms with E-state index >= 15 is 0 Å². The molecule has 1 aromatic carbocycles. The predicted molar refractivity (Wildman–Crippen MR) is 149 cm³/mol. The van der Waals surface area contributed by atoms with Crippen molar-refractivity contribution in [2.24, 2.45) is 0 Å². The number of sulfonamides is 1. The van der Waals surface area contributed by atoms with Crippen LogP contribution in [0.2, 0.25) is 0 Å². The molecule has 3 heterocycles. The van der Waals surface area contributed by atoms with Gasteiger partial charge in [-0.2, -0.15) is 0 Å². The fourth-order valence-electron chi connectivity index (χ4n) is 4.56.